The van der Waals surface area contributed by atoms with Gasteiger partial charge in [0, 0.05) is 17.5 Å². The Labute approximate surface area is 176 Å². The molecule has 2 aromatic carbocycles. The predicted molar refractivity (Wildman–Crippen MR) is 111 cm³/mol. The normalized spacial score (nSPS) is 18.4. The highest BCUT2D eigenvalue weighted by Gasteiger charge is 2.43. The summed E-state index contributed by atoms with van der Waals surface area (Å²) < 4.78 is 0. The minimum absolute atomic E-state index is 0.0817. The molecule has 2 aliphatic heterocycles. The van der Waals surface area contributed by atoms with Crippen molar-refractivity contribution in [1.82, 2.24) is 9.80 Å². The number of fused-ring (bicyclic) bond motifs is 2. The summed E-state index contributed by atoms with van der Waals surface area (Å²) in [7, 11) is 0. The first-order chi connectivity index (χ1) is 14.6. The van der Waals surface area contributed by atoms with Crippen molar-refractivity contribution in [2.24, 2.45) is 0 Å². The van der Waals surface area contributed by atoms with E-state index in [2.05, 4.69) is 16.3 Å². The minimum atomic E-state index is -0.612. The molecule has 8 heteroatoms. The Morgan fingerprint density at radius 3 is 2.60 bits per heavy atom. The molecule has 150 valence electrons. The Bertz CT molecular complexity index is 1170. The maximum absolute atomic E-state index is 13.0. The minimum Gasteiger partial charge on any atom is -0.274 e. The fraction of sp³-hybridized carbons (Fsp3) is 0.182. The van der Waals surface area contributed by atoms with Crippen LogP contribution in [0.2, 0.25) is 0 Å². The molecule has 2 amide bonds. The molecule has 0 saturated heterocycles. The maximum atomic E-state index is 13.0. The number of nitrogens with zero attached hydrogens (tertiary/aromatic N) is 3. The van der Waals surface area contributed by atoms with E-state index in [-0.39, 0.29) is 29.5 Å². The van der Waals surface area contributed by atoms with Crippen molar-refractivity contribution >= 4 is 28.8 Å². The SMILES string of the molecule is O=C1c2cccc([N+](=O)[O-])c2C(=O)N1CN1CCc2sccc2[C@@H]1c1ccccc1. The summed E-state index contributed by atoms with van der Waals surface area (Å²) in [6.45, 7) is 0.765. The number of amides is 2. The lowest BCUT2D eigenvalue weighted by Crippen LogP contribution is -2.45. The number of carbonyl (C=O) groups is 2. The van der Waals surface area contributed by atoms with Crippen LogP contribution in [0.3, 0.4) is 0 Å². The summed E-state index contributed by atoms with van der Waals surface area (Å²) in [6.07, 6.45) is 0.833. The Balaban J connectivity index is 1.51. The summed E-state index contributed by atoms with van der Waals surface area (Å²) in [4.78, 5) is 41.3. The van der Waals surface area contributed by atoms with Gasteiger partial charge in [0.25, 0.3) is 17.5 Å². The Morgan fingerprint density at radius 2 is 1.83 bits per heavy atom. The molecule has 0 bridgehead atoms. The number of benzene rings is 2. The van der Waals surface area contributed by atoms with E-state index in [0.717, 1.165) is 16.9 Å². The van der Waals surface area contributed by atoms with E-state index in [9.17, 15) is 19.7 Å². The number of carbonyl (C=O) groups excluding carboxylic acids is 2. The van der Waals surface area contributed by atoms with E-state index in [1.165, 1.54) is 28.6 Å². The van der Waals surface area contributed by atoms with Crippen molar-refractivity contribution in [2.45, 2.75) is 12.5 Å². The lowest BCUT2D eigenvalue weighted by Gasteiger charge is -2.37. The van der Waals surface area contributed by atoms with Crippen LogP contribution in [0.15, 0.2) is 60.0 Å². The first-order valence-electron chi connectivity index (χ1n) is 9.55. The molecule has 0 N–H and O–H groups in total. The Kier molecular flexibility index (Phi) is 4.45. The largest absolute Gasteiger partial charge is 0.282 e. The molecule has 0 saturated carbocycles. The van der Waals surface area contributed by atoms with Gasteiger partial charge in [-0.3, -0.25) is 29.5 Å². The third kappa shape index (κ3) is 2.84. The van der Waals surface area contributed by atoms with Crippen LogP contribution >= 0.6 is 11.3 Å². The van der Waals surface area contributed by atoms with Crippen molar-refractivity contribution in [2.75, 3.05) is 13.2 Å². The van der Waals surface area contributed by atoms with Crippen molar-refractivity contribution in [3.05, 3.63) is 97.2 Å². The Hall–Kier alpha value is -3.36. The van der Waals surface area contributed by atoms with Crippen LogP contribution in [0.5, 0.6) is 0 Å². The zero-order valence-electron chi connectivity index (χ0n) is 15.9. The first-order valence-corrected chi connectivity index (χ1v) is 10.4. The molecular formula is C22H17N3O4S. The number of thiophene rings is 1. The van der Waals surface area contributed by atoms with Crippen LogP contribution in [0.25, 0.3) is 0 Å². The molecule has 0 spiro atoms. The lowest BCUT2D eigenvalue weighted by molar-refractivity contribution is -0.385. The van der Waals surface area contributed by atoms with Gasteiger partial charge in [0.15, 0.2) is 0 Å². The molecule has 30 heavy (non-hydrogen) atoms. The molecule has 0 fully saturated rings. The highest BCUT2D eigenvalue weighted by Crippen LogP contribution is 2.39. The van der Waals surface area contributed by atoms with Crippen molar-refractivity contribution in [3.8, 4) is 0 Å². The molecule has 3 aromatic rings. The summed E-state index contributed by atoms with van der Waals surface area (Å²) in [5.74, 6) is -1.09. The zero-order chi connectivity index (χ0) is 20.8. The van der Waals surface area contributed by atoms with Crippen LogP contribution in [-0.4, -0.2) is 39.8 Å². The second-order valence-corrected chi connectivity index (χ2v) is 8.31. The molecule has 0 unspecified atom stereocenters. The fourth-order valence-corrected chi connectivity index (χ4v) is 5.23. The summed E-state index contributed by atoms with van der Waals surface area (Å²) in [5, 5.41) is 13.4. The standard InChI is InChI=1S/C22H17N3O4S/c26-21-16-7-4-8-17(25(28)29)19(16)22(27)24(21)13-23-11-9-18-15(10-12-30-18)20(23)14-5-2-1-3-6-14/h1-8,10,12,20H,9,11,13H2/t20-/m0/s1. The Morgan fingerprint density at radius 1 is 1.03 bits per heavy atom. The quantitative estimate of drug-likeness (QED) is 0.364. The van der Waals surface area contributed by atoms with Gasteiger partial charge in [0.2, 0.25) is 0 Å². The van der Waals surface area contributed by atoms with Gasteiger partial charge in [-0.2, -0.15) is 0 Å². The van der Waals surface area contributed by atoms with Gasteiger partial charge in [0.1, 0.15) is 5.56 Å². The highest BCUT2D eigenvalue weighted by molar-refractivity contribution is 7.10. The second kappa shape index (κ2) is 7.16. The van der Waals surface area contributed by atoms with E-state index in [1.807, 2.05) is 30.3 Å². The van der Waals surface area contributed by atoms with E-state index in [4.69, 9.17) is 0 Å². The van der Waals surface area contributed by atoms with Gasteiger partial charge in [0.05, 0.1) is 23.2 Å². The van der Waals surface area contributed by atoms with E-state index in [0.29, 0.717) is 6.54 Å². The van der Waals surface area contributed by atoms with Crippen molar-refractivity contribution < 1.29 is 14.5 Å². The zero-order valence-corrected chi connectivity index (χ0v) is 16.7. The molecular weight excluding hydrogens is 402 g/mol. The average Bonchev–Trinajstić information content (AvgIpc) is 3.33. The average molecular weight is 419 g/mol. The van der Waals surface area contributed by atoms with Gasteiger partial charge in [-0.05, 0) is 35.1 Å². The highest BCUT2D eigenvalue weighted by atomic mass is 32.1. The molecule has 1 atom stereocenters. The van der Waals surface area contributed by atoms with E-state index < -0.39 is 16.7 Å². The molecule has 0 aliphatic carbocycles. The summed E-state index contributed by atoms with van der Waals surface area (Å²) in [6, 6.07) is 16.2. The van der Waals surface area contributed by atoms with Crippen LogP contribution in [0.4, 0.5) is 5.69 Å². The number of nitro benzene ring substituents is 1. The lowest BCUT2D eigenvalue weighted by atomic mass is 9.93. The van der Waals surface area contributed by atoms with Gasteiger partial charge in [-0.25, -0.2) is 0 Å². The van der Waals surface area contributed by atoms with Crippen molar-refractivity contribution in [1.29, 1.82) is 0 Å². The van der Waals surface area contributed by atoms with Gasteiger partial charge < -0.3 is 0 Å². The number of nitro groups is 1. The van der Waals surface area contributed by atoms with Crippen LogP contribution in [0, 0.1) is 10.1 Å². The van der Waals surface area contributed by atoms with Crippen molar-refractivity contribution in [3.63, 3.8) is 0 Å². The second-order valence-electron chi connectivity index (χ2n) is 7.31. The first kappa shape index (κ1) is 18.7. The maximum Gasteiger partial charge on any atom is 0.282 e. The monoisotopic (exact) mass is 419 g/mol. The summed E-state index contributed by atoms with van der Waals surface area (Å²) in [5.41, 5.74) is 1.92. The number of hydrogen-bond acceptors (Lipinski definition) is 6. The van der Waals surface area contributed by atoms with Crippen LogP contribution in [-0.2, 0) is 6.42 Å². The van der Waals surface area contributed by atoms with Gasteiger partial charge in [-0.1, -0.05) is 36.4 Å². The van der Waals surface area contributed by atoms with E-state index >= 15 is 0 Å². The molecule has 3 heterocycles. The molecule has 0 radical (unpaired) electrons. The number of hydrogen-bond donors (Lipinski definition) is 0. The molecule has 7 nitrogen and oxygen atoms in total. The summed E-state index contributed by atoms with van der Waals surface area (Å²) >= 11 is 1.72. The number of imide groups is 1. The van der Waals surface area contributed by atoms with E-state index in [1.54, 1.807) is 11.3 Å². The third-order valence-electron chi connectivity index (χ3n) is 5.68. The van der Waals surface area contributed by atoms with Gasteiger partial charge >= 0.3 is 0 Å². The van der Waals surface area contributed by atoms with Crippen LogP contribution < -0.4 is 0 Å². The topological polar surface area (TPSA) is 83.8 Å². The molecule has 5 rings (SSSR count). The predicted octanol–water partition coefficient (Wildman–Crippen LogP) is 3.86. The van der Waals surface area contributed by atoms with Crippen LogP contribution in [0.1, 0.15) is 42.8 Å². The number of rotatable bonds is 4. The smallest absolute Gasteiger partial charge is 0.274 e. The molecule has 1 aromatic heterocycles. The molecule has 2 aliphatic rings. The fourth-order valence-electron chi connectivity index (χ4n) is 4.32. The third-order valence-corrected chi connectivity index (χ3v) is 6.67. The van der Waals surface area contributed by atoms with Gasteiger partial charge in [-0.15, -0.1) is 11.3 Å².